The van der Waals surface area contributed by atoms with Crippen molar-refractivity contribution >= 4 is 17.8 Å². The van der Waals surface area contributed by atoms with E-state index in [2.05, 4.69) is 5.32 Å². The van der Waals surface area contributed by atoms with E-state index in [9.17, 15) is 14.4 Å². The molecular formula is C15H25NO5. The molecule has 6 nitrogen and oxygen atoms in total. The number of carbonyl (C=O) groups is 3. The molecule has 0 heterocycles. The van der Waals surface area contributed by atoms with Crippen molar-refractivity contribution in [3.63, 3.8) is 0 Å². The maximum Gasteiger partial charge on any atom is 0.331 e. The first kappa shape index (κ1) is 19.1. The quantitative estimate of drug-likeness (QED) is 0.543. The summed E-state index contributed by atoms with van der Waals surface area (Å²) in [5.74, 6) is -1.21. The van der Waals surface area contributed by atoms with Crippen LogP contribution in [0.25, 0.3) is 0 Å². The fourth-order valence-corrected chi connectivity index (χ4v) is 1.34. The average Bonchev–Trinajstić information content (AvgIpc) is 2.39. The van der Waals surface area contributed by atoms with Gasteiger partial charge in [-0.05, 0) is 19.8 Å². The Hall–Kier alpha value is -1.85. The van der Waals surface area contributed by atoms with E-state index in [0.717, 1.165) is 12.2 Å². The highest BCUT2D eigenvalue weighted by Gasteiger charge is 2.17. The molecule has 0 aliphatic heterocycles. The zero-order valence-corrected chi connectivity index (χ0v) is 13.3. The van der Waals surface area contributed by atoms with Gasteiger partial charge >= 0.3 is 11.9 Å². The van der Waals surface area contributed by atoms with E-state index in [-0.39, 0.29) is 30.6 Å². The summed E-state index contributed by atoms with van der Waals surface area (Å²) < 4.78 is 9.86. The summed E-state index contributed by atoms with van der Waals surface area (Å²) in [6.45, 7) is 9.09. The predicted octanol–water partition coefficient (Wildman–Crippen LogP) is 1.59. The van der Waals surface area contributed by atoms with Crippen LogP contribution in [0.4, 0.5) is 0 Å². The van der Waals surface area contributed by atoms with Crippen LogP contribution < -0.4 is 5.32 Å². The van der Waals surface area contributed by atoms with Crippen LogP contribution in [0.15, 0.2) is 12.2 Å². The van der Waals surface area contributed by atoms with Gasteiger partial charge in [0.1, 0.15) is 6.61 Å². The third-order valence-electron chi connectivity index (χ3n) is 2.58. The number of rotatable bonds is 8. The van der Waals surface area contributed by atoms with Crippen molar-refractivity contribution in [2.45, 2.75) is 53.2 Å². The lowest BCUT2D eigenvalue weighted by atomic mass is 10.1. The fraction of sp³-hybridized carbons (Fsp3) is 0.667. The van der Waals surface area contributed by atoms with E-state index in [1.807, 2.05) is 13.8 Å². The highest BCUT2D eigenvalue weighted by Crippen LogP contribution is 2.03. The van der Waals surface area contributed by atoms with E-state index < -0.39 is 11.9 Å². The van der Waals surface area contributed by atoms with E-state index >= 15 is 0 Å². The van der Waals surface area contributed by atoms with Crippen LogP contribution in [0.3, 0.4) is 0 Å². The monoisotopic (exact) mass is 299 g/mol. The Bertz CT molecular complexity index is 388. The van der Waals surface area contributed by atoms with Crippen LogP contribution in [0.5, 0.6) is 0 Å². The molecule has 1 N–H and O–H groups in total. The summed E-state index contributed by atoms with van der Waals surface area (Å²) in [4.78, 5) is 34.1. The van der Waals surface area contributed by atoms with Crippen molar-refractivity contribution in [2.24, 2.45) is 5.92 Å². The highest BCUT2D eigenvalue weighted by atomic mass is 16.5. The zero-order valence-electron chi connectivity index (χ0n) is 13.3. The lowest BCUT2D eigenvalue weighted by Crippen LogP contribution is -2.42. The Balaban J connectivity index is 4.28. The standard InChI is InChI=1S/C15H25NO5/c1-6-13(17)16-12(10(2)3)9-20-14(18)7-8-15(19)21-11(4)5/h7-8,10-12H,6,9H2,1-5H3,(H,16,17)/b8-7+/t12-/m1/s1. The molecule has 0 aliphatic carbocycles. The minimum absolute atomic E-state index is 0.0613. The average molecular weight is 299 g/mol. The summed E-state index contributed by atoms with van der Waals surface area (Å²) in [5.41, 5.74) is 0. The van der Waals surface area contributed by atoms with Crippen molar-refractivity contribution < 1.29 is 23.9 Å². The van der Waals surface area contributed by atoms with Gasteiger partial charge in [-0.25, -0.2) is 9.59 Å². The lowest BCUT2D eigenvalue weighted by molar-refractivity contribution is -0.143. The van der Waals surface area contributed by atoms with Gasteiger partial charge in [0.25, 0.3) is 0 Å². The number of nitrogens with one attached hydrogen (secondary N) is 1. The summed E-state index contributed by atoms with van der Waals surface area (Å²) in [6, 6.07) is -0.252. The number of carbonyl (C=O) groups excluding carboxylic acids is 3. The van der Waals surface area contributed by atoms with E-state index in [1.54, 1.807) is 20.8 Å². The van der Waals surface area contributed by atoms with E-state index in [0.29, 0.717) is 6.42 Å². The topological polar surface area (TPSA) is 81.7 Å². The van der Waals surface area contributed by atoms with Gasteiger partial charge in [0.15, 0.2) is 0 Å². The number of amides is 1. The molecule has 0 aliphatic rings. The Kier molecular flexibility index (Phi) is 9.08. The molecule has 1 amide bonds. The van der Waals surface area contributed by atoms with Gasteiger partial charge in [-0.15, -0.1) is 0 Å². The zero-order chi connectivity index (χ0) is 16.4. The van der Waals surface area contributed by atoms with Gasteiger partial charge in [0.05, 0.1) is 12.1 Å². The van der Waals surface area contributed by atoms with Crippen molar-refractivity contribution in [3.05, 3.63) is 12.2 Å². The van der Waals surface area contributed by atoms with Gasteiger partial charge in [-0.1, -0.05) is 20.8 Å². The van der Waals surface area contributed by atoms with E-state index in [4.69, 9.17) is 9.47 Å². The summed E-state index contributed by atoms with van der Waals surface area (Å²) in [5, 5.41) is 2.78. The molecule has 6 heteroatoms. The first-order valence-electron chi connectivity index (χ1n) is 7.11. The van der Waals surface area contributed by atoms with Gasteiger partial charge in [-0.3, -0.25) is 4.79 Å². The molecule has 21 heavy (non-hydrogen) atoms. The molecule has 0 aromatic rings. The molecule has 0 spiro atoms. The molecule has 1 atom stereocenters. The molecule has 0 aromatic carbocycles. The number of ether oxygens (including phenoxy) is 2. The van der Waals surface area contributed by atoms with Crippen LogP contribution in [-0.2, 0) is 23.9 Å². The molecule has 0 rings (SSSR count). The molecular weight excluding hydrogens is 274 g/mol. The SMILES string of the molecule is CCC(=O)N[C@H](COC(=O)/C=C/C(=O)OC(C)C)C(C)C. The summed E-state index contributed by atoms with van der Waals surface area (Å²) >= 11 is 0. The van der Waals surface area contributed by atoms with Gasteiger partial charge in [0, 0.05) is 18.6 Å². The normalized spacial score (nSPS) is 12.5. The smallest absolute Gasteiger partial charge is 0.331 e. The predicted molar refractivity (Wildman–Crippen MR) is 78.4 cm³/mol. The van der Waals surface area contributed by atoms with Crippen molar-refractivity contribution in [3.8, 4) is 0 Å². The lowest BCUT2D eigenvalue weighted by Gasteiger charge is -2.21. The Morgan fingerprint density at radius 1 is 1.05 bits per heavy atom. The van der Waals surface area contributed by atoms with Crippen molar-refractivity contribution in [2.75, 3.05) is 6.61 Å². The number of hydrogen-bond donors (Lipinski definition) is 1. The third kappa shape index (κ3) is 9.65. The number of esters is 2. The molecule has 0 saturated heterocycles. The summed E-state index contributed by atoms with van der Waals surface area (Å²) in [7, 11) is 0. The molecule has 0 aromatic heterocycles. The van der Waals surface area contributed by atoms with Crippen LogP contribution in [0, 0.1) is 5.92 Å². The number of hydrogen-bond acceptors (Lipinski definition) is 5. The van der Waals surface area contributed by atoms with Gasteiger partial charge < -0.3 is 14.8 Å². The minimum atomic E-state index is -0.646. The molecule has 0 bridgehead atoms. The maximum atomic E-state index is 11.5. The Labute approximate surface area is 125 Å². The highest BCUT2D eigenvalue weighted by molar-refractivity contribution is 5.91. The second-order valence-electron chi connectivity index (χ2n) is 5.22. The van der Waals surface area contributed by atoms with Crippen LogP contribution >= 0.6 is 0 Å². The second-order valence-corrected chi connectivity index (χ2v) is 5.22. The van der Waals surface area contributed by atoms with Crippen molar-refractivity contribution in [1.82, 2.24) is 5.32 Å². The summed E-state index contributed by atoms with van der Waals surface area (Å²) in [6.07, 6.45) is 2.17. The second kappa shape index (κ2) is 9.96. The molecule has 120 valence electrons. The maximum absolute atomic E-state index is 11.5. The minimum Gasteiger partial charge on any atom is -0.460 e. The van der Waals surface area contributed by atoms with Gasteiger partial charge in [-0.2, -0.15) is 0 Å². The molecule has 0 saturated carbocycles. The molecule has 0 radical (unpaired) electrons. The first-order valence-corrected chi connectivity index (χ1v) is 7.11. The fourth-order valence-electron chi connectivity index (χ4n) is 1.34. The largest absolute Gasteiger partial charge is 0.460 e. The Morgan fingerprint density at radius 2 is 1.62 bits per heavy atom. The van der Waals surface area contributed by atoms with E-state index in [1.165, 1.54) is 0 Å². The van der Waals surface area contributed by atoms with Crippen LogP contribution in [0.2, 0.25) is 0 Å². The Morgan fingerprint density at radius 3 is 2.10 bits per heavy atom. The van der Waals surface area contributed by atoms with Crippen molar-refractivity contribution in [1.29, 1.82) is 0 Å². The first-order chi connectivity index (χ1) is 9.76. The molecule has 0 unspecified atom stereocenters. The van der Waals surface area contributed by atoms with Crippen LogP contribution in [0.1, 0.15) is 41.0 Å². The third-order valence-corrected chi connectivity index (χ3v) is 2.58. The molecule has 0 fully saturated rings. The van der Waals surface area contributed by atoms with Crippen LogP contribution in [-0.4, -0.2) is 36.6 Å². The van der Waals surface area contributed by atoms with Gasteiger partial charge in [0.2, 0.25) is 5.91 Å².